The van der Waals surface area contributed by atoms with Crippen LogP contribution >= 0.6 is 0 Å². The molecule has 0 radical (unpaired) electrons. The van der Waals surface area contributed by atoms with Gasteiger partial charge in [0.1, 0.15) is 5.78 Å². The first-order valence-electron chi connectivity index (χ1n) is 11.7. The van der Waals surface area contributed by atoms with Crippen molar-refractivity contribution in [2.24, 2.45) is 0 Å². The van der Waals surface area contributed by atoms with Crippen LogP contribution in [-0.2, 0) is 22.0 Å². The first-order chi connectivity index (χ1) is 15.0. The highest BCUT2D eigenvalue weighted by Gasteiger charge is 2.37. The third-order valence-electron chi connectivity index (χ3n) is 7.04. The quantitative estimate of drug-likeness (QED) is 0.287. The highest BCUT2D eigenvalue weighted by atomic mass is 16.1. The Morgan fingerprint density at radius 2 is 1.41 bits per heavy atom. The molecule has 1 nitrogen and oxygen atoms in total. The Labute approximate surface area is 191 Å². The van der Waals surface area contributed by atoms with Crippen molar-refractivity contribution in [2.75, 3.05) is 0 Å². The minimum atomic E-state index is -0.177. The van der Waals surface area contributed by atoms with Crippen molar-refractivity contribution in [3.05, 3.63) is 94.5 Å². The van der Waals surface area contributed by atoms with Gasteiger partial charge in [-0.2, -0.15) is 0 Å². The molecule has 0 fully saturated rings. The van der Waals surface area contributed by atoms with Gasteiger partial charge in [0.15, 0.2) is 0 Å². The molecule has 5 rings (SSSR count). The van der Waals surface area contributed by atoms with E-state index in [0.717, 1.165) is 5.56 Å². The third kappa shape index (κ3) is 3.35. The molecular weight excluding hydrogens is 388 g/mol. The molecule has 1 unspecified atom stereocenters. The fraction of sp³-hybridized carbons (Fsp3) is 0.323. The summed E-state index contributed by atoms with van der Waals surface area (Å²) in [6.07, 6.45) is 0.535. The molecular formula is C31H32O. The normalized spacial score (nSPS) is 16.7. The minimum Gasteiger partial charge on any atom is -0.298 e. The van der Waals surface area contributed by atoms with Crippen LogP contribution in [0.15, 0.2) is 66.7 Å². The number of hydrogen-bond donors (Lipinski definition) is 0. The number of ketones is 1. The molecule has 0 heterocycles. The SMILES string of the molecule is CC(C)(C)c1cc2c(c(C(C)(C)C)c1)CC(=O)C2c1ccc2c(ccc3ccccc32)c1. The molecule has 1 atom stereocenters. The van der Waals surface area contributed by atoms with E-state index in [9.17, 15) is 4.79 Å². The third-order valence-corrected chi connectivity index (χ3v) is 7.04. The molecule has 0 amide bonds. The second-order valence-corrected chi connectivity index (χ2v) is 11.4. The van der Waals surface area contributed by atoms with Gasteiger partial charge in [-0.25, -0.2) is 0 Å². The number of carbonyl (C=O) groups excluding carboxylic acids is 1. The van der Waals surface area contributed by atoms with Crippen molar-refractivity contribution >= 4 is 27.3 Å². The van der Waals surface area contributed by atoms with Gasteiger partial charge in [-0.05, 0) is 60.2 Å². The zero-order valence-electron chi connectivity index (χ0n) is 20.0. The summed E-state index contributed by atoms with van der Waals surface area (Å²) in [7, 11) is 0. The van der Waals surface area contributed by atoms with Gasteiger partial charge in [-0.15, -0.1) is 0 Å². The maximum atomic E-state index is 13.4. The maximum Gasteiger partial charge on any atom is 0.149 e. The fourth-order valence-corrected chi connectivity index (χ4v) is 5.28. The zero-order valence-corrected chi connectivity index (χ0v) is 20.0. The van der Waals surface area contributed by atoms with E-state index in [1.54, 1.807) is 0 Å². The van der Waals surface area contributed by atoms with E-state index >= 15 is 0 Å². The van der Waals surface area contributed by atoms with Crippen molar-refractivity contribution in [1.82, 2.24) is 0 Å². The van der Waals surface area contributed by atoms with Crippen LogP contribution in [0.4, 0.5) is 0 Å². The monoisotopic (exact) mass is 420 g/mol. The number of hydrogen-bond acceptors (Lipinski definition) is 1. The molecule has 0 saturated heterocycles. The van der Waals surface area contributed by atoms with E-state index in [1.807, 2.05) is 0 Å². The van der Waals surface area contributed by atoms with Gasteiger partial charge in [0.2, 0.25) is 0 Å². The van der Waals surface area contributed by atoms with Crippen LogP contribution < -0.4 is 0 Å². The van der Waals surface area contributed by atoms with Crippen LogP contribution in [0.25, 0.3) is 21.5 Å². The minimum absolute atomic E-state index is 0.00279. The Morgan fingerprint density at radius 3 is 2.12 bits per heavy atom. The van der Waals surface area contributed by atoms with Gasteiger partial charge in [-0.3, -0.25) is 4.79 Å². The van der Waals surface area contributed by atoms with Gasteiger partial charge in [0, 0.05) is 6.42 Å². The van der Waals surface area contributed by atoms with E-state index in [-0.39, 0.29) is 16.7 Å². The molecule has 0 aromatic heterocycles. The van der Waals surface area contributed by atoms with Crippen LogP contribution in [0.1, 0.15) is 75.3 Å². The molecule has 0 N–H and O–H groups in total. The van der Waals surface area contributed by atoms with E-state index in [4.69, 9.17) is 0 Å². The zero-order chi connectivity index (χ0) is 22.8. The molecule has 32 heavy (non-hydrogen) atoms. The molecule has 0 bridgehead atoms. The number of benzene rings is 4. The molecule has 162 valence electrons. The molecule has 0 aliphatic heterocycles. The summed E-state index contributed by atoms with van der Waals surface area (Å²) in [6.45, 7) is 13.5. The molecule has 1 heteroatoms. The Morgan fingerprint density at radius 1 is 0.719 bits per heavy atom. The van der Waals surface area contributed by atoms with Crippen LogP contribution in [0.3, 0.4) is 0 Å². The van der Waals surface area contributed by atoms with Gasteiger partial charge in [0.25, 0.3) is 0 Å². The van der Waals surface area contributed by atoms with Gasteiger partial charge in [-0.1, -0.05) is 108 Å². The average molecular weight is 421 g/mol. The van der Waals surface area contributed by atoms with Gasteiger partial charge < -0.3 is 0 Å². The smallest absolute Gasteiger partial charge is 0.149 e. The largest absolute Gasteiger partial charge is 0.298 e. The van der Waals surface area contributed by atoms with Crippen molar-refractivity contribution in [3.8, 4) is 0 Å². The molecule has 0 spiro atoms. The summed E-state index contributed by atoms with van der Waals surface area (Å²) in [4.78, 5) is 13.4. The lowest BCUT2D eigenvalue weighted by molar-refractivity contribution is -0.118. The topological polar surface area (TPSA) is 17.1 Å². The Hall–Kier alpha value is -2.93. The van der Waals surface area contributed by atoms with E-state index in [1.165, 1.54) is 43.8 Å². The highest BCUT2D eigenvalue weighted by Crippen LogP contribution is 2.44. The first kappa shape index (κ1) is 20.9. The van der Waals surface area contributed by atoms with Crippen LogP contribution in [0, 0.1) is 0 Å². The molecule has 1 aliphatic carbocycles. The first-order valence-corrected chi connectivity index (χ1v) is 11.7. The lowest BCUT2D eigenvalue weighted by atomic mass is 9.76. The van der Waals surface area contributed by atoms with E-state index in [0.29, 0.717) is 12.2 Å². The molecule has 4 aromatic rings. The summed E-state index contributed by atoms with van der Waals surface area (Å²) >= 11 is 0. The average Bonchev–Trinajstić information content (AvgIpc) is 3.06. The van der Waals surface area contributed by atoms with Crippen molar-refractivity contribution < 1.29 is 4.79 Å². The number of carbonyl (C=O) groups is 1. The second-order valence-electron chi connectivity index (χ2n) is 11.4. The van der Waals surface area contributed by atoms with Gasteiger partial charge in [0.05, 0.1) is 5.92 Å². The predicted molar refractivity (Wildman–Crippen MR) is 136 cm³/mol. The molecule has 1 aliphatic rings. The number of rotatable bonds is 1. The summed E-state index contributed by atoms with van der Waals surface area (Å²) < 4.78 is 0. The molecule has 4 aromatic carbocycles. The van der Waals surface area contributed by atoms with Crippen LogP contribution in [0.2, 0.25) is 0 Å². The summed E-state index contributed by atoms with van der Waals surface area (Å²) in [5.74, 6) is 0.140. The Bertz CT molecular complexity index is 1380. The van der Waals surface area contributed by atoms with Crippen LogP contribution in [-0.4, -0.2) is 5.78 Å². The fourth-order valence-electron chi connectivity index (χ4n) is 5.28. The van der Waals surface area contributed by atoms with Crippen molar-refractivity contribution in [2.45, 2.75) is 64.7 Å². The number of Topliss-reactive ketones (excluding diaryl/α,β-unsaturated/α-hetero) is 1. The maximum absolute atomic E-state index is 13.4. The van der Waals surface area contributed by atoms with E-state index in [2.05, 4.69) is 108 Å². The summed E-state index contributed by atoms with van der Waals surface area (Å²) in [5.41, 5.74) is 6.25. The summed E-state index contributed by atoms with van der Waals surface area (Å²) in [6, 6.07) is 24.1. The van der Waals surface area contributed by atoms with Crippen molar-refractivity contribution in [1.29, 1.82) is 0 Å². The highest BCUT2D eigenvalue weighted by molar-refractivity contribution is 6.08. The van der Waals surface area contributed by atoms with Crippen LogP contribution in [0.5, 0.6) is 0 Å². The standard InChI is InChI=1S/C31H32O/c1-30(2,3)22-16-26-25(27(17-22)31(4,5)6)18-28(32)29(26)21-13-14-24-20(15-21)12-11-19-9-7-8-10-23(19)24/h7-17,29H,18H2,1-6H3. The van der Waals surface area contributed by atoms with Crippen molar-refractivity contribution in [3.63, 3.8) is 0 Å². The Kier molecular flexibility index (Phi) is 4.60. The Balaban J connectivity index is 1.72. The molecule has 0 saturated carbocycles. The second kappa shape index (κ2) is 7.04. The lowest BCUT2D eigenvalue weighted by Gasteiger charge is -2.28. The lowest BCUT2D eigenvalue weighted by Crippen LogP contribution is -2.19. The summed E-state index contributed by atoms with van der Waals surface area (Å²) in [5, 5.41) is 4.96. The van der Waals surface area contributed by atoms with E-state index < -0.39 is 0 Å². The van der Waals surface area contributed by atoms with Gasteiger partial charge >= 0.3 is 0 Å². The predicted octanol–water partition coefficient (Wildman–Crippen LogP) is 7.85. The number of fused-ring (bicyclic) bond motifs is 4.